The smallest absolute Gasteiger partial charge is 0.311 e. The molecule has 4 heterocycles. The molecule has 0 radical (unpaired) electrons. The van der Waals surface area contributed by atoms with E-state index >= 15 is 0 Å². The second-order valence-corrected chi connectivity index (χ2v) is 22.5. The number of benzene rings is 1. The van der Waals surface area contributed by atoms with E-state index in [2.05, 4.69) is 14.7 Å². The molecule has 0 bridgehead atoms. The molecule has 1 aromatic carbocycles. The number of hydrogen-bond acceptors (Lipinski definition) is 19. The van der Waals surface area contributed by atoms with Crippen LogP contribution < -0.4 is 10.5 Å². The molecule has 70 heavy (non-hydrogen) atoms. The summed E-state index contributed by atoms with van der Waals surface area (Å²) in [5, 5.41) is 58.1. The number of aromatic nitrogens is 2. The number of rotatable bonds is 10. The molecule has 400 valence electrons. The highest BCUT2D eigenvalue weighted by molar-refractivity contribution is 7.92. The number of likely N-dealkylation sites (N-methyl/N-ethyl adjacent to an activating group) is 2. The maximum atomic E-state index is 14.2. The topological polar surface area (TPSA) is 278 Å². The zero-order chi connectivity index (χ0) is 52.8. The van der Waals surface area contributed by atoms with Gasteiger partial charge in [0.1, 0.15) is 30.0 Å². The fourth-order valence-corrected chi connectivity index (χ4v) is 11.0. The average molecular weight is 1010 g/mol. The van der Waals surface area contributed by atoms with Gasteiger partial charge in [0.2, 0.25) is 5.95 Å². The Kier molecular flexibility index (Phi) is 20.6. The van der Waals surface area contributed by atoms with Crippen molar-refractivity contribution in [1.82, 2.24) is 19.8 Å². The number of esters is 1. The van der Waals surface area contributed by atoms with Gasteiger partial charge in [0.15, 0.2) is 12.6 Å². The summed E-state index contributed by atoms with van der Waals surface area (Å²) >= 11 is 0. The van der Waals surface area contributed by atoms with Crippen LogP contribution in [0.1, 0.15) is 101 Å². The molecule has 21 heteroatoms. The molecule has 3 aliphatic heterocycles. The Labute approximate surface area is 415 Å². The van der Waals surface area contributed by atoms with Crippen molar-refractivity contribution >= 4 is 27.6 Å². The number of hydrogen-bond donors (Lipinski definition) is 7. The van der Waals surface area contributed by atoms with Crippen LogP contribution in [0.25, 0.3) is 0 Å². The third-order valence-electron chi connectivity index (χ3n) is 14.4. The Morgan fingerprint density at radius 2 is 1.59 bits per heavy atom. The number of aliphatic hydroxyl groups is 5. The quantitative estimate of drug-likeness (QED) is 0.133. The van der Waals surface area contributed by atoms with E-state index in [0.717, 1.165) is 0 Å². The predicted octanol–water partition coefficient (Wildman–Crippen LogP) is 3.07. The Balaban J connectivity index is 0.000000491. The lowest BCUT2D eigenvalue weighted by Crippen LogP contribution is -2.60. The lowest BCUT2D eigenvalue weighted by molar-refractivity contribution is -0.318. The molecule has 20 nitrogen and oxygen atoms in total. The second kappa shape index (κ2) is 24.2. The summed E-state index contributed by atoms with van der Waals surface area (Å²) in [6, 6.07) is 6.76. The Hall–Kier alpha value is -3.16. The number of cyclic esters (lactones) is 1. The van der Waals surface area contributed by atoms with E-state index in [9.17, 15) is 38.7 Å². The number of aliphatic hydroxyl groups excluding tert-OH is 3. The first-order chi connectivity index (χ1) is 32.4. The van der Waals surface area contributed by atoms with Gasteiger partial charge in [0, 0.05) is 55.7 Å². The number of ether oxygens (including phenoxy) is 6. The summed E-state index contributed by atoms with van der Waals surface area (Å²) in [6.45, 7) is 19.8. The number of sulfonamides is 1. The second-order valence-electron chi connectivity index (χ2n) is 20.9. The molecular weight excluding hydrogens is 929 g/mol. The van der Waals surface area contributed by atoms with Crippen LogP contribution >= 0.6 is 0 Å². The van der Waals surface area contributed by atoms with Crippen molar-refractivity contribution < 1.29 is 67.2 Å². The van der Waals surface area contributed by atoms with Gasteiger partial charge in [-0.05, 0) is 132 Å². The molecule has 5 rings (SSSR count). The summed E-state index contributed by atoms with van der Waals surface area (Å²) in [4.78, 5) is 26.0. The largest absolute Gasteiger partial charge is 0.459 e. The van der Waals surface area contributed by atoms with E-state index in [4.69, 9.17) is 34.2 Å². The number of nitrogens with two attached hydrogens (primary N) is 1. The van der Waals surface area contributed by atoms with E-state index in [1.54, 1.807) is 54.5 Å². The molecule has 0 aliphatic carbocycles. The van der Waals surface area contributed by atoms with Crippen molar-refractivity contribution in [3.8, 4) is 0 Å². The monoisotopic (exact) mass is 1010 g/mol. The van der Waals surface area contributed by atoms with Gasteiger partial charge in [-0.3, -0.25) is 4.79 Å². The molecule has 3 saturated heterocycles. The first kappa shape index (κ1) is 59.4. The number of nitrogen functional groups attached to an aromatic ring is 1. The number of carbonyl (C=O) groups is 1. The van der Waals surface area contributed by atoms with Crippen LogP contribution in [-0.4, -0.2) is 185 Å². The minimum atomic E-state index is -3.68. The summed E-state index contributed by atoms with van der Waals surface area (Å²) in [6.07, 6.45) is -6.70. The van der Waals surface area contributed by atoms with Crippen LogP contribution in [0.4, 0.5) is 11.6 Å². The number of nitrogens with one attached hydrogen (secondary N) is 1. The molecule has 2 aromatic rings. The Bertz CT molecular complexity index is 2090. The minimum absolute atomic E-state index is 0.0480. The third kappa shape index (κ3) is 14.5. The SMILES string of the molecule is CC[C@H]1OC(=O)[C@H](C)[C@@H](OC2CC(C)(OC)C(O)C(C)O2)[C@H](C)[C@@H](OC2OC(C)CC(N(C)C)C2O)[C@](C)(O)C[C@@H](C)CN(C)[C@H](C)[C@@H](O)[C@]1(C)O.Cc1ccnc(NS(=O)(=O)c2ccc(N)cc2)n1. The van der Waals surface area contributed by atoms with Gasteiger partial charge in [-0.2, -0.15) is 0 Å². The van der Waals surface area contributed by atoms with Crippen LogP contribution in [0.2, 0.25) is 0 Å². The van der Waals surface area contributed by atoms with Crippen molar-refractivity contribution in [2.45, 2.75) is 197 Å². The molecule has 0 saturated carbocycles. The maximum absolute atomic E-state index is 14.2. The molecule has 1 aromatic heterocycles. The zero-order valence-corrected chi connectivity index (χ0v) is 44.7. The zero-order valence-electron chi connectivity index (χ0n) is 43.8. The molecule has 3 fully saturated rings. The van der Waals surface area contributed by atoms with Crippen molar-refractivity contribution in [2.75, 3.05) is 45.3 Å². The molecule has 0 amide bonds. The van der Waals surface area contributed by atoms with Crippen molar-refractivity contribution in [1.29, 1.82) is 0 Å². The molecule has 8 unspecified atom stereocenters. The molecule has 18 atom stereocenters. The highest BCUT2D eigenvalue weighted by atomic mass is 32.2. The first-order valence-corrected chi connectivity index (χ1v) is 25.8. The molecule has 0 spiro atoms. The molecule has 3 aliphatic rings. The normalized spacial score (nSPS) is 39.7. The number of carbonyl (C=O) groups excluding carboxylic acids is 1. The van der Waals surface area contributed by atoms with Crippen molar-refractivity contribution in [2.24, 2.45) is 17.8 Å². The van der Waals surface area contributed by atoms with Gasteiger partial charge in [-0.25, -0.2) is 23.1 Å². The van der Waals surface area contributed by atoms with Crippen molar-refractivity contribution in [3.05, 3.63) is 42.2 Å². The van der Waals surface area contributed by atoms with E-state index in [1.165, 1.54) is 44.5 Å². The van der Waals surface area contributed by atoms with E-state index < -0.39 is 106 Å². The van der Waals surface area contributed by atoms with Crippen molar-refractivity contribution in [3.63, 3.8) is 0 Å². The first-order valence-electron chi connectivity index (χ1n) is 24.3. The number of anilines is 2. The van der Waals surface area contributed by atoms with Crippen LogP contribution in [0.5, 0.6) is 0 Å². The van der Waals surface area contributed by atoms with Crippen LogP contribution in [-0.2, 0) is 43.2 Å². The predicted molar refractivity (Wildman–Crippen MR) is 263 cm³/mol. The third-order valence-corrected chi connectivity index (χ3v) is 15.8. The Morgan fingerprint density at radius 3 is 2.16 bits per heavy atom. The van der Waals surface area contributed by atoms with Gasteiger partial charge in [-0.15, -0.1) is 0 Å². The van der Waals surface area contributed by atoms with Crippen LogP contribution in [0, 0.1) is 24.7 Å². The summed E-state index contributed by atoms with van der Waals surface area (Å²) < 4.78 is 63.8. The van der Waals surface area contributed by atoms with Gasteiger partial charge in [0.05, 0.1) is 46.4 Å². The van der Waals surface area contributed by atoms with Gasteiger partial charge >= 0.3 is 5.97 Å². The lowest BCUT2D eigenvalue weighted by Gasteiger charge is -2.48. The molecular formula is C49H84N6O14S. The van der Waals surface area contributed by atoms with E-state index in [1.807, 2.05) is 51.7 Å². The van der Waals surface area contributed by atoms with E-state index in [0.29, 0.717) is 24.3 Å². The fourth-order valence-electron chi connectivity index (χ4n) is 10.1. The number of methoxy groups -OCH3 is 1. The van der Waals surface area contributed by atoms with Crippen LogP contribution in [0.3, 0.4) is 0 Å². The fraction of sp³-hybridized carbons (Fsp3) is 0.776. The average Bonchev–Trinajstić information content (AvgIpc) is 3.27. The maximum Gasteiger partial charge on any atom is 0.311 e. The van der Waals surface area contributed by atoms with Gasteiger partial charge < -0.3 is 69.5 Å². The summed E-state index contributed by atoms with van der Waals surface area (Å²) in [5.41, 5.74) is 2.31. The summed E-state index contributed by atoms with van der Waals surface area (Å²) in [5.74, 6) is -2.54. The minimum Gasteiger partial charge on any atom is -0.459 e. The van der Waals surface area contributed by atoms with Gasteiger partial charge in [-0.1, -0.05) is 20.8 Å². The highest BCUT2D eigenvalue weighted by Gasteiger charge is 2.52. The van der Waals surface area contributed by atoms with Gasteiger partial charge in [0.25, 0.3) is 10.0 Å². The van der Waals surface area contributed by atoms with E-state index in [-0.39, 0.29) is 48.2 Å². The number of aryl methyl sites for hydroxylation is 1. The summed E-state index contributed by atoms with van der Waals surface area (Å²) in [7, 11) is 3.44. The lowest BCUT2D eigenvalue weighted by atomic mass is 9.77. The highest BCUT2D eigenvalue weighted by Crippen LogP contribution is 2.40. The number of nitrogens with zero attached hydrogens (tertiary/aromatic N) is 4. The van der Waals surface area contributed by atoms with Crippen LogP contribution in [0.15, 0.2) is 41.4 Å². The standard InChI is InChI=1S/C38H72N2O12.C11H12N4O2S/c1-15-27-38(10,46)31(42)24(6)40(13)19-20(2)17-36(8,45)33(52-35-29(41)26(39(11)12)16-21(3)48-35)22(4)30(23(5)34(44)50-27)51-28-18-37(9,47-14)32(43)25(7)49-28;1-8-6-7-13-11(14-8)15-18(16,17)10-4-2-9(12)3-5-10/h20-33,35,41-43,45-46H,15-19H2,1-14H3;2-7H,12H2,1H3,(H,13,14,15)/t20-,21?,22+,23-,24-,25?,26?,27-,28?,29?,30+,31-,32?,33-,35?,36-,37?,38-;/m1./s1. The molecule has 8 N–H and O–H groups in total. The Morgan fingerprint density at radius 1 is 0.957 bits per heavy atom.